The highest BCUT2D eigenvalue weighted by atomic mass is 19.1. The number of aryl methyl sites for hydroxylation is 1. The molecule has 1 aliphatic rings. The highest BCUT2D eigenvalue weighted by Crippen LogP contribution is 2.30. The zero-order valence-electron chi connectivity index (χ0n) is 20.6. The summed E-state index contributed by atoms with van der Waals surface area (Å²) in [4.78, 5) is 25.5. The van der Waals surface area contributed by atoms with Crippen molar-refractivity contribution in [1.29, 1.82) is 0 Å². The van der Waals surface area contributed by atoms with Gasteiger partial charge in [0.2, 0.25) is 0 Å². The molecule has 3 aromatic carbocycles. The largest absolute Gasteiger partial charge is 0.455 e. The first-order chi connectivity index (χ1) is 18.5. The average Bonchev–Trinajstić information content (AvgIpc) is 3.29. The van der Waals surface area contributed by atoms with Crippen LogP contribution in [0.4, 0.5) is 21.5 Å². The van der Waals surface area contributed by atoms with E-state index in [9.17, 15) is 14.0 Å². The highest BCUT2D eigenvalue weighted by molar-refractivity contribution is 6.09. The van der Waals surface area contributed by atoms with E-state index in [1.807, 2.05) is 30.3 Å². The van der Waals surface area contributed by atoms with Crippen LogP contribution in [0.3, 0.4) is 0 Å². The molecule has 38 heavy (non-hydrogen) atoms. The Morgan fingerprint density at radius 1 is 0.842 bits per heavy atom. The molecule has 0 unspecified atom stereocenters. The van der Waals surface area contributed by atoms with Crippen molar-refractivity contribution in [2.75, 3.05) is 5.32 Å². The van der Waals surface area contributed by atoms with Crippen LogP contribution in [0.15, 0.2) is 98.6 Å². The smallest absolute Gasteiger partial charge is 0.291 e. The number of halogens is 1. The number of azo groups is 1. The summed E-state index contributed by atoms with van der Waals surface area (Å²) in [5, 5.41) is 15.6. The van der Waals surface area contributed by atoms with Crippen LogP contribution in [0.1, 0.15) is 50.6 Å². The van der Waals surface area contributed by atoms with Crippen molar-refractivity contribution >= 4 is 34.6 Å². The molecule has 2 N–H and O–H groups in total. The molecule has 1 aromatic heterocycles. The van der Waals surface area contributed by atoms with Crippen LogP contribution in [0, 0.1) is 12.7 Å². The van der Waals surface area contributed by atoms with Crippen LogP contribution in [0.5, 0.6) is 0 Å². The minimum Gasteiger partial charge on any atom is -0.455 e. The fraction of sp³-hybridized carbons (Fsp3) is 0.138. The fourth-order valence-corrected chi connectivity index (χ4v) is 4.19. The zero-order valence-corrected chi connectivity index (χ0v) is 20.6. The summed E-state index contributed by atoms with van der Waals surface area (Å²) in [5.74, 6) is -0.400. The second-order valence-electron chi connectivity index (χ2n) is 8.75. The second-order valence-corrected chi connectivity index (χ2v) is 8.75. The minimum atomic E-state index is -0.449. The van der Waals surface area contributed by atoms with Crippen LogP contribution in [0.25, 0.3) is 0 Å². The van der Waals surface area contributed by atoms with E-state index in [-0.39, 0.29) is 11.7 Å². The first-order valence-corrected chi connectivity index (χ1v) is 12.1. The Morgan fingerprint density at radius 3 is 2.24 bits per heavy atom. The number of benzene rings is 3. The van der Waals surface area contributed by atoms with Gasteiger partial charge in [-0.15, -0.1) is 0 Å². The van der Waals surface area contributed by atoms with Crippen molar-refractivity contribution in [3.05, 3.63) is 113 Å². The standard InChI is InChI=1S/C29H24FN5O3/c1-18-26-24(34-35-28(36)19-10-12-20(30)13-11-19)8-5-9-25(26)38-27(18)29(37)31-21-14-16-23(17-15-21)33-32-22-6-3-2-4-7-22/h2-4,6-7,10-17H,5,8-9H2,1H3,(H,31,37)(H,35,36). The third-order valence-electron chi connectivity index (χ3n) is 6.09. The van der Waals surface area contributed by atoms with Gasteiger partial charge in [0.1, 0.15) is 11.6 Å². The lowest BCUT2D eigenvalue weighted by molar-refractivity contribution is 0.0953. The van der Waals surface area contributed by atoms with Gasteiger partial charge in [-0.25, -0.2) is 9.82 Å². The van der Waals surface area contributed by atoms with Crippen molar-refractivity contribution in [3.63, 3.8) is 0 Å². The monoisotopic (exact) mass is 509 g/mol. The molecule has 8 nitrogen and oxygen atoms in total. The van der Waals surface area contributed by atoms with Gasteiger partial charge in [-0.3, -0.25) is 9.59 Å². The molecule has 0 atom stereocenters. The summed E-state index contributed by atoms with van der Waals surface area (Å²) < 4.78 is 19.1. The van der Waals surface area contributed by atoms with Crippen LogP contribution in [0.2, 0.25) is 0 Å². The number of hydrogen-bond donors (Lipinski definition) is 2. The third kappa shape index (κ3) is 5.57. The van der Waals surface area contributed by atoms with Crippen LogP contribution < -0.4 is 10.7 Å². The molecular formula is C29H24FN5O3. The highest BCUT2D eigenvalue weighted by Gasteiger charge is 2.28. The van der Waals surface area contributed by atoms with Crippen LogP contribution in [-0.2, 0) is 6.42 Å². The molecule has 0 bridgehead atoms. The zero-order chi connectivity index (χ0) is 26.5. The van der Waals surface area contributed by atoms with E-state index in [1.54, 1.807) is 31.2 Å². The number of anilines is 1. The van der Waals surface area contributed by atoms with Gasteiger partial charge in [-0.05, 0) is 80.4 Å². The number of amides is 2. The van der Waals surface area contributed by atoms with Gasteiger partial charge in [0.15, 0.2) is 5.76 Å². The maximum absolute atomic E-state index is 13.1. The van der Waals surface area contributed by atoms with E-state index in [0.717, 1.165) is 17.7 Å². The number of nitrogens with zero attached hydrogens (tertiary/aromatic N) is 3. The quantitative estimate of drug-likeness (QED) is 0.219. The summed E-state index contributed by atoms with van der Waals surface area (Å²) in [7, 11) is 0. The molecule has 0 radical (unpaired) electrons. The van der Waals surface area contributed by atoms with Gasteiger partial charge < -0.3 is 9.73 Å². The van der Waals surface area contributed by atoms with Crippen LogP contribution in [-0.4, -0.2) is 17.5 Å². The molecule has 0 saturated heterocycles. The molecule has 4 aromatic rings. The Morgan fingerprint density at radius 2 is 1.53 bits per heavy atom. The molecule has 0 fully saturated rings. The van der Waals surface area contributed by atoms with Crippen molar-refractivity contribution in [1.82, 2.24) is 5.43 Å². The molecule has 5 rings (SSSR count). The number of carbonyl (C=O) groups excluding carboxylic acids is 2. The normalized spacial score (nSPS) is 13.9. The Balaban J connectivity index is 1.28. The molecule has 1 heterocycles. The molecule has 0 spiro atoms. The van der Waals surface area contributed by atoms with Gasteiger partial charge in [-0.1, -0.05) is 18.2 Å². The van der Waals surface area contributed by atoms with E-state index >= 15 is 0 Å². The van der Waals surface area contributed by atoms with E-state index in [4.69, 9.17) is 4.42 Å². The number of furan rings is 1. The number of hydrazone groups is 1. The number of fused-ring (bicyclic) bond motifs is 1. The van der Waals surface area contributed by atoms with E-state index in [2.05, 4.69) is 26.1 Å². The topological polar surface area (TPSA) is 108 Å². The Labute approximate surface area is 218 Å². The van der Waals surface area contributed by atoms with Gasteiger partial charge >= 0.3 is 0 Å². The third-order valence-corrected chi connectivity index (χ3v) is 6.09. The first kappa shape index (κ1) is 24.8. The lowest BCUT2D eigenvalue weighted by atomic mass is 9.93. The molecule has 0 saturated carbocycles. The summed E-state index contributed by atoms with van der Waals surface area (Å²) in [6.07, 6.45) is 2.05. The average molecular weight is 510 g/mol. The first-order valence-electron chi connectivity index (χ1n) is 12.1. The molecule has 190 valence electrons. The Hall–Kier alpha value is -4.92. The van der Waals surface area contributed by atoms with Gasteiger partial charge in [0, 0.05) is 28.8 Å². The van der Waals surface area contributed by atoms with E-state index < -0.39 is 11.7 Å². The number of carbonyl (C=O) groups is 2. The van der Waals surface area contributed by atoms with Gasteiger partial charge in [0.25, 0.3) is 11.8 Å². The molecule has 2 amide bonds. The number of nitrogens with one attached hydrogen (secondary N) is 2. The summed E-state index contributed by atoms with van der Waals surface area (Å²) in [6.45, 7) is 1.80. The summed E-state index contributed by atoms with van der Waals surface area (Å²) in [6, 6.07) is 21.6. The molecule has 0 aliphatic heterocycles. The lowest BCUT2D eigenvalue weighted by Crippen LogP contribution is -2.22. The van der Waals surface area contributed by atoms with E-state index in [1.165, 1.54) is 24.3 Å². The second kappa shape index (κ2) is 11.0. The van der Waals surface area contributed by atoms with Gasteiger partial charge in [0.05, 0.1) is 17.1 Å². The molecular weight excluding hydrogens is 485 g/mol. The van der Waals surface area contributed by atoms with Crippen molar-refractivity contribution in [3.8, 4) is 0 Å². The fourth-order valence-electron chi connectivity index (χ4n) is 4.19. The maximum atomic E-state index is 13.1. The maximum Gasteiger partial charge on any atom is 0.291 e. The predicted octanol–water partition coefficient (Wildman–Crippen LogP) is 6.87. The van der Waals surface area contributed by atoms with Crippen molar-refractivity contribution in [2.45, 2.75) is 26.2 Å². The Bertz CT molecular complexity index is 1530. The molecule has 1 aliphatic carbocycles. The number of rotatable bonds is 6. The predicted molar refractivity (Wildman–Crippen MR) is 142 cm³/mol. The van der Waals surface area contributed by atoms with Crippen LogP contribution >= 0.6 is 0 Å². The summed E-state index contributed by atoms with van der Waals surface area (Å²) in [5.41, 5.74) is 6.83. The lowest BCUT2D eigenvalue weighted by Gasteiger charge is -2.13. The minimum absolute atomic E-state index is 0.197. The number of hydrogen-bond acceptors (Lipinski definition) is 6. The summed E-state index contributed by atoms with van der Waals surface area (Å²) >= 11 is 0. The van der Waals surface area contributed by atoms with Gasteiger partial charge in [-0.2, -0.15) is 15.3 Å². The molecule has 9 heteroatoms. The Kier molecular flexibility index (Phi) is 7.17. The van der Waals surface area contributed by atoms with E-state index in [0.29, 0.717) is 46.8 Å². The SMILES string of the molecule is Cc1c(C(=O)Nc2ccc(N=Nc3ccccc3)cc2)oc2c1C(=NNC(=O)c1ccc(F)cc1)CCC2. The van der Waals surface area contributed by atoms with Crippen molar-refractivity contribution < 1.29 is 18.4 Å². The van der Waals surface area contributed by atoms with Crippen molar-refractivity contribution in [2.24, 2.45) is 15.3 Å².